The molecule has 2 rings (SSSR count). The van der Waals surface area contributed by atoms with Crippen molar-refractivity contribution in [2.24, 2.45) is 0 Å². The smallest absolute Gasteiger partial charge is 0.240 e. The highest BCUT2D eigenvalue weighted by molar-refractivity contribution is 5.76. The van der Waals surface area contributed by atoms with Gasteiger partial charge in [-0.2, -0.15) is 0 Å². The Morgan fingerprint density at radius 3 is 2.64 bits per heavy atom. The number of amides is 1. The number of carbonyl (C=O) groups is 1. The molecule has 22 heavy (non-hydrogen) atoms. The van der Waals surface area contributed by atoms with E-state index in [0.29, 0.717) is 5.69 Å². The molecule has 2 aromatic rings. The summed E-state index contributed by atoms with van der Waals surface area (Å²) in [6, 6.07) is 11.1. The lowest BCUT2D eigenvalue weighted by molar-refractivity contribution is -0.122. The van der Waals surface area contributed by atoms with E-state index in [9.17, 15) is 9.59 Å². The van der Waals surface area contributed by atoms with Gasteiger partial charge in [0.1, 0.15) is 6.54 Å². The van der Waals surface area contributed by atoms with E-state index in [0.717, 1.165) is 5.56 Å². The van der Waals surface area contributed by atoms with Gasteiger partial charge in [-0.1, -0.05) is 30.3 Å². The van der Waals surface area contributed by atoms with Crippen LogP contribution in [0.2, 0.25) is 0 Å². The molecule has 0 aliphatic rings. The molecule has 0 saturated carbocycles. The summed E-state index contributed by atoms with van der Waals surface area (Å²) in [7, 11) is 1.44. The van der Waals surface area contributed by atoms with Gasteiger partial charge in [0, 0.05) is 11.8 Å². The first-order chi connectivity index (χ1) is 10.5. The molecule has 0 spiro atoms. The highest BCUT2D eigenvalue weighted by Crippen LogP contribution is 2.11. The van der Waals surface area contributed by atoms with Crippen LogP contribution in [-0.2, 0) is 11.3 Å². The summed E-state index contributed by atoms with van der Waals surface area (Å²) < 4.78 is 6.71. The number of nitrogens with zero attached hydrogens (tertiary/aromatic N) is 1. The minimum absolute atomic E-state index is 0.0738. The summed E-state index contributed by atoms with van der Waals surface area (Å²) >= 11 is 0. The molecule has 1 amide bonds. The minimum Gasteiger partial charge on any atom is -0.491 e. The van der Waals surface area contributed by atoms with E-state index in [1.807, 2.05) is 37.3 Å². The number of aryl methyl sites for hydroxylation is 1. The van der Waals surface area contributed by atoms with Crippen LogP contribution < -0.4 is 15.5 Å². The Morgan fingerprint density at radius 2 is 2.00 bits per heavy atom. The van der Waals surface area contributed by atoms with Crippen LogP contribution in [0.3, 0.4) is 0 Å². The lowest BCUT2D eigenvalue weighted by atomic mass is 10.1. The SMILES string of the molecule is COc1cn(CC(=O)N[C@H](C)c2ccccc2)c(C)cc1=O. The zero-order valence-corrected chi connectivity index (χ0v) is 13.0. The Bertz CT molecular complexity index is 708. The average molecular weight is 300 g/mol. The fourth-order valence-corrected chi connectivity index (χ4v) is 2.24. The molecular weight excluding hydrogens is 280 g/mol. The van der Waals surface area contributed by atoms with Gasteiger partial charge in [-0.15, -0.1) is 0 Å². The molecule has 1 aromatic carbocycles. The summed E-state index contributed by atoms with van der Waals surface area (Å²) in [4.78, 5) is 23.8. The number of methoxy groups -OCH3 is 1. The molecule has 0 unspecified atom stereocenters. The van der Waals surface area contributed by atoms with Gasteiger partial charge < -0.3 is 14.6 Å². The van der Waals surface area contributed by atoms with Crippen LogP contribution in [0.1, 0.15) is 24.2 Å². The van der Waals surface area contributed by atoms with Gasteiger partial charge in [0.15, 0.2) is 5.75 Å². The average Bonchev–Trinajstić information content (AvgIpc) is 2.50. The molecule has 1 atom stereocenters. The van der Waals surface area contributed by atoms with Crippen LogP contribution in [-0.4, -0.2) is 17.6 Å². The Kier molecular flexibility index (Phi) is 4.99. The van der Waals surface area contributed by atoms with Gasteiger partial charge in [0.2, 0.25) is 11.3 Å². The van der Waals surface area contributed by atoms with Crippen molar-refractivity contribution < 1.29 is 9.53 Å². The van der Waals surface area contributed by atoms with Crippen molar-refractivity contribution in [3.63, 3.8) is 0 Å². The summed E-state index contributed by atoms with van der Waals surface area (Å²) in [6.07, 6.45) is 1.56. The van der Waals surface area contributed by atoms with Gasteiger partial charge in [0.05, 0.1) is 19.3 Å². The van der Waals surface area contributed by atoms with Crippen molar-refractivity contribution in [1.29, 1.82) is 0 Å². The number of ether oxygens (including phenoxy) is 1. The van der Waals surface area contributed by atoms with E-state index in [4.69, 9.17) is 4.74 Å². The van der Waals surface area contributed by atoms with Crippen LogP contribution in [0.25, 0.3) is 0 Å². The van der Waals surface area contributed by atoms with E-state index in [1.165, 1.54) is 13.2 Å². The lowest BCUT2D eigenvalue weighted by Gasteiger charge is -2.16. The first-order valence-corrected chi connectivity index (χ1v) is 7.10. The van der Waals surface area contributed by atoms with Crippen molar-refractivity contribution in [2.75, 3.05) is 7.11 Å². The predicted molar refractivity (Wildman–Crippen MR) is 85.0 cm³/mol. The van der Waals surface area contributed by atoms with E-state index in [-0.39, 0.29) is 29.7 Å². The fraction of sp³-hybridized carbons (Fsp3) is 0.294. The van der Waals surface area contributed by atoms with Gasteiger partial charge in [0.25, 0.3) is 0 Å². The molecule has 1 N–H and O–H groups in total. The summed E-state index contributed by atoms with van der Waals surface area (Å²) in [5.74, 6) is 0.111. The standard InChI is InChI=1S/C17H20N2O3/c1-12-9-15(20)16(22-3)10-19(12)11-17(21)18-13(2)14-7-5-4-6-8-14/h4-10,13H,11H2,1-3H3,(H,18,21)/t13-/m1/s1. The number of rotatable bonds is 5. The summed E-state index contributed by atoms with van der Waals surface area (Å²) in [5.41, 5.74) is 1.58. The maximum Gasteiger partial charge on any atom is 0.240 e. The van der Waals surface area contributed by atoms with E-state index in [2.05, 4.69) is 5.32 Å². The molecule has 5 heteroatoms. The second kappa shape index (κ2) is 6.93. The van der Waals surface area contributed by atoms with Crippen molar-refractivity contribution in [3.05, 3.63) is 64.1 Å². The van der Waals surface area contributed by atoms with Crippen LogP contribution in [0.4, 0.5) is 0 Å². The zero-order valence-electron chi connectivity index (χ0n) is 13.0. The van der Waals surface area contributed by atoms with Crippen LogP contribution >= 0.6 is 0 Å². The van der Waals surface area contributed by atoms with Crippen molar-refractivity contribution >= 4 is 5.91 Å². The number of hydrogen-bond acceptors (Lipinski definition) is 3. The van der Waals surface area contributed by atoms with Gasteiger partial charge in [-0.05, 0) is 19.4 Å². The Labute approximate surface area is 129 Å². The molecule has 116 valence electrons. The number of aromatic nitrogens is 1. The third kappa shape index (κ3) is 3.75. The molecule has 0 aliphatic carbocycles. The predicted octanol–water partition coefficient (Wildman–Crippen LogP) is 2.04. The third-order valence-electron chi connectivity index (χ3n) is 3.52. The van der Waals surface area contributed by atoms with Crippen LogP contribution in [0, 0.1) is 6.92 Å². The zero-order chi connectivity index (χ0) is 16.1. The molecule has 0 aliphatic heterocycles. The third-order valence-corrected chi connectivity index (χ3v) is 3.52. The first kappa shape index (κ1) is 15.8. The van der Waals surface area contributed by atoms with Gasteiger partial charge >= 0.3 is 0 Å². The number of pyridine rings is 1. The number of carbonyl (C=O) groups excluding carboxylic acids is 1. The quantitative estimate of drug-likeness (QED) is 0.919. The molecule has 1 heterocycles. The fourth-order valence-electron chi connectivity index (χ4n) is 2.24. The second-order valence-electron chi connectivity index (χ2n) is 5.18. The van der Waals surface area contributed by atoms with Crippen molar-refractivity contribution in [3.8, 4) is 5.75 Å². The van der Waals surface area contributed by atoms with Crippen LogP contribution in [0.15, 0.2) is 47.4 Å². The maximum atomic E-state index is 12.2. The molecule has 0 fully saturated rings. The molecule has 5 nitrogen and oxygen atoms in total. The number of hydrogen-bond donors (Lipinski definition) is 1. The monoisotopic (exact) mass is 300 g/mol. The lowest BCUT2D eigenvalue weighted by Crippen LogP contribution is -2.31. The van der Waals surface area contributed by atoms with E-state index >= 15 is 0 Å². The largest absolute Gasteiger partial charge is 0.491 e. The molecule has 0 saturated heterocycles. The van der Waals surface area contributed by atoms with Crippen molar-refractivity contribution in [2.45, 2.75) is 26.4 Å². The highest BCUT2D eigenvalue weighted by atomic mass is 16.5. The molecular formula is C17H20N2O3. The second-order valence-corrected chi connectivity index (χ2v) is 5.18. The molecule has 0 bridgehead atoms. The Hall–Kier alpha value is -2.56. The summed E-state index contributed by atoms with van der Waals surface area (Å²) in [5, 5.41) is 2.95. The van der Waals surface area contributed by atoms with Crippen LogP contribution in [0.5, 0.6) is 5.75 Å². The first-order valence-electron chi connectivity index (χ1n) is 7.10. The number of benzene rings is 1. The Morgan fingerprint density at radius 1 is 1.32 bits per heavy atom. The van der Waals surface area contributed by atoms with E-state index < -0.39 is 0 Å². The topological polar surface area (TPSA) is 60.3 Å². The van der Waals surface area contributed by atoms with Crippen molar-refractivity contribution in [1.82, 2.24) is 9.88 Å². The van der Waals surface area contributed by atoms with Gasteiger partial charge in [-0.25, -0.2) is 0 Å². The highest BCUT2D eigenvalue weighted by Gasteiger charge is 2.11. The number of nitrogens with one attached hydrogen (secondary N) is 1. The molecule has 1 aromatic heterocycles. The summed E-state index contributed by atoms with van der Waals surface area (Å²) in [6.45, 7) is 3.86. The minimum atomic E-state index is -0.186. The van der Waals surface area contributed by atoms with Gasteiger partial charge in [-0.3, -0.25) is 9.59 Å². The van der Waals surface area contributed by atoms with E-state index in [1.54, 1.807) is 17.7 Å². The molecule has 0 radical (unpaired) electrons. The maximum absolute atomic E-state index is 12.2. The Balaban J connectivity index is 2.08. The normalized spacial score (nSPS) is 11.8.